The van der Waals surface area contributed by atoms with Crippen LogP contribution >= 0.6 is 0 Å². The number of rotatable bonds is 1. The van der Waals surface area contributed by atoms with Crippen LogP contribution in [0, 0.1) is 0 Å². The third kappa shape index (κ3) is 1.66. The predicted molar refractivity (Wildman–Crippen MR) is 79.7 cm³/mol. The molecule has 0 aromatic heterocycles. The maximum Gasteiger partial charge on any atom is 0.0726 e. The Bertz CT molecular complexity index is 785. The molecule has 4 rings (SSSR count). The van der Waals surface area contributed by atoms with Crippen molar-refractivity contribution in [2.45, 2.75) is 6.54 Å². The lowest BCUT2D eigenvalue weighted by Gasteiger charge is -2.06. The molecule has 1 aliphatic rings. The smallest absolute Gasteiger partial charge is 0.0726 e. The first-order chi connectivity index (χ1) is 9.42. The number of fused-ring (bicyclic) bond motifs is 2. The molecule has 1 aliphatic heterocycles. The zero-order valence-electron chi connectivity index (χ0n) is 10.5. The first kappa shape index (κ1) is 10.5. The van der Waals surface area contributed by atoms with Crippen LogP contribution in [0.3, 0.4) is 0 Å². The van der Waals surface area contributed by atoms with E-state index in [9.17, 15) is 0 Å². The second kappa shape index (κ2) is 4.06. The van der Waals surface area contributed by atoms with Crippen LogP contribution in [0.5, 0.6) is 0 Å². The number of hydrogen-bond donors (Lipinski definition) is 0. The van der Waals surface area contributed by atoms with E-state index < -0.39 is 0 Å². The van der Waals surface area contributed by atoms with Crippen LogP contribution in [0.15, 0.2) is 71.7 Å². The molecule has 0 bridgehead atoms. The quantitative estimate of drug-likeness (QED) is 0.607. The summed E-state index contributed by atoms with van der Waals surface area (Å²) in [6, 6.07) is 23.5. The van der Waals surface area contributed by atoms with Crippen LogP contribution in [-0.2, 0) is 6.54 Å². The predicted octanol–water partition coefficient (Wildman–Crippen LogP) is 4.19. The average Bonchev–Trinajstić information content (AvgIpc) is 2.88. The molecule has 0 amide bonds. The molecule has 3 aromatic carbocycles. The Labute approximate surface area is 112 Å². The van der Waals surface area contributed by atoms with E-state index in [1.165, 1.54) is 27.5 Å². The van der Waals surface area contributed by atoms with E-state index in [0.29, 0.717) is 0 Å². The molecule has 0 spiro atoms. The molecule has 1 heteroatoms. The molecule has 0 aliphatic carbocycles. The monoisotopic (exact) mass is 243 g/mol. The second-order valence-electron chi connectivity index (χ2n) is 4.89. The molecule has 1 nitrogen and oxygen atoms in total. The van der Waals surface area contributed by atoms with Gasteiger partial charge in [-0.05, 0) is 28.5 Å². The van der Waals surface area contributed by atoms with E-state index in [1.54, 1.807) is 0 Å². The summed E-state index contributed by atoms with van der Waals surface area (Å²) in [7, 11) is 0. The molecular weight excluding hydrogens is 230 g/mol. The summed E-state index contributed by atoms with van der Waals surface area (Å²) < 4.78 is 0. The van der Waals surface area contributed by atoms with Crippen LogP contribution in [0.2, 0.25) is 0 Å². The standard InChI is InChI=1S/C18H13N/c1-2-6-13(7-3-1)18-17-11-15-9-5-4-8-14(15)10-16(17)12-19-18/h1-11H,12H2. The summed E-state index contributed by atoms with van der Waals surface area (Å²) in [6.07, 6.45) is 0. The van der Waals surface area contributed by atoms with Crippen LogP contribution in [0.25, 0.3) is 10.8 Å². The van der Waals surface area contributed by atoms with E-state index in [0.717, 1.165) is 12.3 Å². The molecule has 90 valence electrons. The normalized spacial score (nSPS) is 13.4. The SMILES string of the molecule is c1ccc(C2=NCc3cc4ccccc4cc32)cc1. The lowest BCUT2D eigenvalue weighted by atomic mass is 9.96. The van der Waals surface area contributed by atoms with Crippen molar-refractivity contribution < 1.29 is 0 Å². The molecule has 3 aromatic rings. The van der Waals surface area contributed by atoms with E-state index >= 15 is 0 Å². The van der Waals surface area contributed by atoms with Gasteiger partial charge in [0, 0.05) is 11.1 Å². The van der Waals surface area contributed by atoms with Crippen LogP contribution in [-0.4, -0.2) is 5.71 Å². The minimum atomic E-state index is 0.796. The Morgan fingerprint density at radius 3 is 2.21 bits per heavy atom. The third-order valence-electron chi connectivity index (χ3n) is 3.68. The maximum atomic E-state index is 4.71. The summed E-state index contributed by atoms with van der Waals surface area (Å²) in [6.45, 7) is 0.796. The molecular formula is C18H13N. The first-order valence-corrected chi connectivity index (χ1v) is 6.54. The molecule has 0 atom stereocenters. The van der Waals surface area contributed by atoms with Gasteiger partial charge in [0.2, 0.25) is 0 Å². The Morgan fingerprint density at radius 1 is 0.737 bits per heavy atom. The van der Waals surface area contributed by atoms with Gasteiger partial charge in [-0.2, -0.15) is 0 Å². The minimum absolute atomic E-state index is 0.796. The van der Waals surface area contributed by atoms with Crippen molar-refractivity contribution >= 4 is 16.5 Å². The van der Waals surface area contributed by atoms with Crippen molar-refractivity contribution in [3.8, 4) is 0 Å². The van der Waals surface area contributed by atoms with Crippen molar-refractivity contribution in [2.75, 3.05) is 0 Å². The van der Waals surface area contributed by atoms with E-state index in [2.05, 4.69) is 60.7 Å². The lowest BCUT2D eigenvalue weighted by molar-refractivity contribution is 1.11. The Balaban J connectivity index is 1.92. The maximum absolute atomic E-state index is 4.71. The van der Waals surface area contributed by atoms with Crippen molar-refractivity contribution in [3.63, 3.8) is 0 Å². The number of nitrogens with zero attached hydrogens (tertiary/aromatic N) is 1. The van der Waals surface area contributed by atoms with Gasteiger partial charge >= 0.3 is 0 Å². The third-order valence-corrected chi connectivity index (χ3v) is 3.68. The Kier molecular flexibility index (Phi) is 2.25. The van der Waals surface area contributed by atoms with Crippen LogP contribution in [0.1, 0.15) is 16.7 Å². The topological polar surface area (TPSA) is 12.4 Å². The molecule has 0 radical (unpaired) electrons. The van der Waals surface area contributed by atoms with E-state index in [-0.39, 0.29) is 0 Å². The molecule has 0 fully saturated rings. The van der Waals surface area contributed by atoms with Crippen molar-refractivity contribution in [2.24, 2.45) is 4.99 Å². The second-order valence-corrected chi connectivity index (χ2v) is 4.89. The Hall–Kier alpha value is -2.41. The largest absolute Gasteiger partial charge is 0.279 e. The van der Waals surface area contributed by atoms with Crippen LogP contribution in [0.4, 0.5) is 0 Å². The fourth-order valence-corrected chi connectivity index (χ4v) is 2.73. The summed E-state index contributed by atoms with van der Waals surface area (Å²) in [5.74, 6) is 0. The first-order valence-electron chi connectivity index (χ1n) is 6.54. The summed E-state index contributed by atoms with van der Waals surface area (Å²) in [5, 5.41) is 2.58. The number of aliphatic imine (C=N–C) groups is 1. The van der Waals surface area contributed by atoms with Crippen molar-refractivity contribution in [1.82, 2.24) is 0 Å². The molecule has 0 N–H and O–H groups in total. The molecule has 0 unspecified atom stereocenters. The molecule has 0 saturated carbocycles. The molecule has 19 heavy (non-hydrogen) atoms. The van der Waals surface area contributed by atoms with Gasteiger partial charge in [-0.1, -0.05) is 54.6 Å². The summed E-state index contributed by atoms with van der Waals surface area (Å²) in [5.41, 5.74) is 4.94. The van der Waals surface area contributed by atoms with Gasteiger partial charge in [0.25, 0.3) is 0 Å². The van der Waals surface area contributed by atoms with Gasteiger partial charge in [0.15, 0.2) is 0 Å². The van der Waals surface area contributed by atoms with Gasteiger partial charge in [0.1, 0.15) is 0 Å². The Morgan fingerprint density at radius 2 is 1.42 bits per heavy atom. The van der Waals surface area contributed by atoms with Gasteiger partial charge in [0.05, 0.1) is 12.3 Å². The average molecular weight is 243 g/mol. The van der Waals surface area contributed by atoms with E-state index in [1.807, 2.05) is 6.07 Å². The highest BCUT2D eigenvalue weighted by atomic mass is 14.8. The van der Waals surface area contributed by atoms with Gasteiger partial charge in [-0.3, -0.25) is 4.99 Å². The highest BCUT2D eigenvalue weighted by Crippen LogP contribution is 2.27. The van der Waals surface area contributed by atoms with E-state index in [4.69, 9.17) is 4.99 Å². The van der Waals surface area contributed by atoms with Gasteiger partial charge < -0.3 is 0 Å². The highest BCUT2D eigenvalue weighted by Gasteiger charge is 2.17. The zero-order valence-corrected chi connectivity index (χ0v) is 10.5. The van der Waals surface area contributed by atoms with Crippen LogP contribution < -0.4 is 0 Å². The number of hydrogen-bond acceptors (Lipinski definition) is 1. The fourth-order valence-electron chi connectivity index (χ4n) is 2.73. The van der Waals surface area contributed by atoms with Gasteiger partial charge in [-0.15, -0.1) is 0 Å². The van der Waals surface area contributed by atoms with Crippen molar-refractivity contribution in [1.29, 1.82) is 0 Å². The van der Waals surface area contributed by atoms with Crippen molar-refractivity contribution in [3.05, 3.63) is 83.4 Å². The molecule has 1 heterocycles. The number of benzene rings is 3. The zero-order chi connectivity index (χ0) is 12.7. The minimum Gasteiger partial charge on any atom is -0.279 e. The lowest BCUT2D eigenvalue weighted by Crippen LogP contribution is -2.00. The highest BCUT2D eigenvalue weighted by molar-refractivity contribution is 6.16. The summed E-state index contributed by atoms with van der Waals surface area (Å²) >= 11 is 0. The molecule has 0 saturated heterocycles. The fraction of sp³-hybridized carbons (Fsp3) is 0.0556. The summed E-state index contributed by atoms with van der Waals surface area (Å²) in [4.78, 5) is 4.71. The van der Waals surface area contributed by atoms with Gasteiger partial charge in [-0.25, -0.2) is 0 Å².